The van der Waals surface area contributed by atoms with Crippen LogP contribution in [0.2, 0.25) is 0 Å². The Morgan fingerprint density at radius 1 is 1.35 bits per heavy atom. The highest BCUT2D eigenvalue weighted by atomic mass is 16.7. The molecule has 2 aliphatic heterocycles. The first-order valence-corrected chi connectivity index (χ1v) is 5.89. The minimum atomic E-state index is -0.561. The van der Waals surface area contributed by atoms with Crippen LogP contribution in [0.25, 0.3) is 0 Å². The fourth-order valence-corrected chi connectivity index (χ4v) is 2.44. The molecule has 2 heterocycles. The molecule has 0 N–H and O–H groups in total. The second-order valence-electron chi connectivity index (χ2n) is 4.54. The molecular weight excluding hydrogens is 220 g/mol. The number of hydrogen-bond acceptors (Lipinski definition) is 4. The summed E-state index contributed by atoms with van der Waals surface area (Å²) in [6.45, 7) is 2.70. The third-order valence-corrected chi connectivity index (χ3v) is 3.23. The smallest absolute Gasteiger partial charge is 0.256 e. The standard InChI is InChI=1S/C13H16O4/c1-9-8-13(6-7-15-9)16-11-5-3-4-10(14-2)12(11)17-13/h3-5,9H,6-8H2,1-2H3. The lowest BCUT2D eigenvalue weighted by molar-refractivity contribution is -0.165. The molecule has 0 amide bonds. The van der Waals surface area contributed by atoms with Crippen molar-refractivity contribution >= 4 is 0 Å². The molecule has 0 bridgehead atoms. The number of para-hydroxylation sites is 1. The summed E-state index contributed by atoms with van der Waals surface area (Å²) in [6.07, 6.45) is 1.64. The average Bonchev–Trinajstić information content (AvgIpc) is 2.65. The van der Waals surface area contributed by atoms with Crippen LogP contribution in [0.15, 0.2) is 18.2 Å². The zero-order valence-electron chi connectivity index (χ0n) is 10.1. The van der Waals surface area contributed by atoms with Crippen LogP contribution in [0.3, 0.4) is 0 Å². The molecule has 1 aromatic rings. The fourth-order valence-electron chi connectivity index (χ4n) is 2.44. The Morgan fingerprint density at radius 3 is 3.00 bits per heavy atom. The van der Waals surface area contributed by atoms with E-state index in [0.29, 0.717) is 12.4 Å². The van der Waals surface area contributed by atoms with Crippen molar-refractivity contribution in [1.29, 1.82) is 0 Å². The highest BCUT2D eigenvalue weighted by molar-refractivity contribution is 5.53. The summed E-state index contributed by atoms with van der Waals surface area (Å²) in [4.78, 5) is 0. The Kier molecular flexibility index (Phi) is 2.40. The molecule has 3 rings (SSSR count). The van der Waals surface area contributed by atoms with Gasteiger partial charge in [-0.05, 0) is 19.1 Å². The maximum Gasteiger partial charge on any atom is 0.256 e. The third kappa shape index (κ3) is 1.72. The van der Waals surface area contributed by atoms with E-state index in [1.807, 2.05) is 25.1 Å². The predicted molar refractivity (Wildman–Crippen MR) is 61.6 cm³/mol. The molecule has 0 saturated carbocycles. The molecule has 92 valence electrons. The Balaban J connectivity index is 1.91. The van der Waals surface area contributed by atoms with Crippen molar-refractivity contribution in [2.45, 2.75) is 31.7 Å². The van der Waals surface area contributed by atoms with E-state index in [-0.39, 0.29) is 6.10 Å². The fraction of sp³-hybridized carbons (Fsp3) is 0.538. The van der Waals surface area contributed by atoms with E-state index in [1.165, 1.54) is 0 Å². The number of rotatable bonds is 1. The Labute approximate surface area is 100 Å². The molecule has 2 atom stereocenters. The molecule has 0 aromatic heterocycles. The number of hydrogen-bond donors (Lipinski definition) is 0. The topological polar surface area (TPSA) is 36.9 Å². The average molecular weight is 236 g/mol. The van der Waals surface area contributed by atoms with Crippen LogP contribution in [0, 0.1) is 0 Å². The molecule has 2 aliphatic rings. The van der Waals surface area contributed by atoms with E-state index in [9.17, 15) is 0 Å². The van der Waals surface area contributed by atoms with Crippen LogP contribution in [-0.2, 0) is 4.74 Å². The molecule has 4 heteroatoms. The van der Waals surface area contributed by atoms with Crippen molar-refractivity contribution in [2.24, 2.45) is 0 Å². The lowest BCUT2D eigenvalue weighted by Gasteiger charge is -2.34. The maximum absolute atomic E-state index is 6.00. The summed E-state index contributed by atoms with van der Waals surface area (Å²) in [5, 5.41) is 0. The molecule has 1 saturated heterocycles. The molecule has 4 nitrogen and oxygen atoms in total. The molecule has 2 unspecified atom stereocenters. The summed E-state index contributed by atoms with van der Waals surface area (Å²) in [7, 11) is 1.64. The molecule has 0 radical (unpaired) electrons. The van der Waals surface area contributed by atoms with Gasteiger partial charge in [0.25, 0.3) is 5.79 Å². The van der Waals surface area contributed by atoms with E-state index in [0.717, 1.165) is 24.3 Å². The lowest BCUT2D eigenvalue weighted by atomic mass is 10.0. The van der Waals surface area contributed by atoms with Crippen molar-refractivity contribution < 1.29 is 18.9 Å². The van der Waals surface area contributed by atoms with Crippen molar-refractivity contribution in [2.75, 3.05) is 13.7 Å². The number of ether oxygens (including phenoxy) is 4. The first-order chi connectivity index (χ1) is 8.22. The summed E-state index contributed by atoms with van der Waals surface area (Å²) in [6, 6.07) is 5.69. The van der Waals surface area contributed by atoms with Crippen molar-refractivity contribution in [1.82, 2.24) is 0 Å². The zero-order chi connectivity index (χ0) is 11.9. The van der Waals surface area contributed by atoms with Crippen molar-refractivity contribution in [3.8, 4) is 17.2 Å². The second kappa shape index (κ2) is 3.81. The van der Waals surface area contributed by atoms with Gasteiger partial charge in [-0.2, -0.15) is 0 Å². The van der Waals surface area contributed by atoms with Gasteiger partial charge in [0.05, 0.1) is 26.2 Å². The Morgan fingerprint density at radius 2 is 2.24 bits per heavy atom. The van der Waals surface area contributed by atoms with Gasteiger partial charge >= 0.3 is 0 Å². The zero-order valence-corrected chi connectivity index (χ0v) is 10.1. The summed E-state index contributed by atoms with van der Waals surface area (Å²) < 4.78 is 22.8. The van der Waals surface area contributed by atoms with Gasteiger partial charge in [-0.1, -0.05) is 6.07 Å². The molecule has 1 aromatic carbocycles. The van der Waals surface area contributed by atoms with Crippen LogP contribution in [-0.4, -0.2) is 25.6 Å². The van der Waals surface area contributed by atoms with Gasteiger partial charge in [0, 0.05) is 6.42 Å². The predicted octanol–water partition coefficient (Wildman–Crippen LogP) is 2.36. The van der Waals surface area contributed by atoms with Crippen LogP contribution in [0.4, 0.5) is 0 Å². The maximum atomic E-state index is 6.00. The summed E-state index contributed by atoms with van der Waals surface area (Å²) >= 11 is 0. The van der Waals surface area contributed by atoms with Crippen LogP contribution in [0.5, 0.6) is 17.2 Å². The normalized spacial score (nSPS) is 30.6. The molecule has 17 heavy (non-hydrogen) atoms. The monoisotopic (exact) mass is 236 g/mol. The van der Waals surface area contributed by atoms with Gasteiger partial charge in [-0.25, -0.2) is 0 Å². The third-order valence-electron chi connectivity index (χ3n) is 3.23. The second-order valence-corrected chi connectivity index (χ2v) is 4.54. The molecule has 0 aliphatic carbocycles. The Hall–Kier alpha value is -1.42. The molecule has 1 spiro atoms. The van der Waals surface area contributed by atoms with Crippen molar-refractivity contribution in [3.05, 3.63) is 18.2 Å². The van der Waals surface area contributed by atoms with Gasteiger partial charge in [0.1, 0.15) is 0 Å². The van der Waals surface area contributed by atoms with Gasteiger partial charge in [0.15, 0.2) is 11.5 Å². The first kappa shape index (κ1) is 10.7. The molecule has 1 fully saturated rings. The van der Waals surface area contributed by atoms with Gasteiger partial charge in [-0.15, -0.1) is 0 Å². The van der Waals surface area contributed by atoms with E-state index in [2.05, 4.69) is 0 Å². The van der Waals surface area contributed by atoms with Gasteiger partial charge in [-0.3, -0.25) is 0 Å². The minimum Gasteiger partial charge on any atom is -0.493 e. The van der Waals surface area contributed by atoms with Gasteiger partial charge in [0.2, 0.25) is 5.75 Å². The minimum absolute atomic E-state index is 0.157. The number of methoxy groups -OCH3 is 1. The van der Waals surface area contributed by atoms with Crippen molar-refractivity contribution in [3.63, 3.8) is 0 Å². The Bertz CT molecular complexity index is 431. The lowest BCUT2D eigenvalue weighted by Crippen LogP contribution is -2.46. The first-order valence-electron chi connectivity index (χ1n) is 5.89. The largest absolute Gasteiger partial charge is 0.493 e. The van der Waals surface area contributed by atoms with Crippen LogP contribution < -0.4 is 14.2 Å². The molecular formula is C13H16O4. The highest BCUT2D eigenvalue weighted by Crippen LogP contribution is 2.49. The van der Waals surface area contributed by atoms with E-state index in [4.69, 9.17) is 18.9 Å². The highest BCUT2D eigenvalue weighted by Gasteiger charge is 2.46. The van der Waals surface area contributed by atoms with E-state index in [1.54, 1.807) is 7.11 Å². The van der Waals surface area contributed by atoms with E-state index >= 15 is 0 Å². The van der Waals surface area contributed by atoms with E-state index < -0.39 is 5.79 Å². The van der Waals surface area contributed by atoms with Gasteiger partial charge < -0.3 is 18.9 Å². The number of benzene rings is 1. The van der Waals surface area contributed by atoms with Crippen LogP contribution in [0.1, 0.15) is 19.8 Å². The summed E-state index contributed by atoms with van der Waals surface area (Å²) in [5.74, 6) is 1.63. The summed E-state index contributed by atoms with van der Waals surface area (Å²) in [5.41, 5.74) is 0. The quantitative estimate of drug-likeness (QED) is 0.750. The van der Waals surface area contributed by atoms with Crippen LogP contribution >= 0.6 is 0 Å². The SMILES string of the molecule is COc1cccc2c1OC1(CCOC(C)C1)O2. The number of fused-ring (bicyclic) bond motifs is 1.